The van der Waals surface area contributed by atoms with E-state index in [0.717, 1.165) is 12.0 Å². The van der Waals surface area contributed by atoms with Gasteiger partial charge in [-0.15, -0.1) is 11.3 Å². The molecule has 0 spiro atoms. The molecule has 5 rings (SSSR count). The molecule has 37 heavy (non-hydrogen) atoms. The Bertz CT molecular complexity index is 1290. The lowest BCUT2D eigenvalue weighted by Crippen LogP contribution is -2.48. The van der Waals surface area contributed by atoms with Crippen LogP contribution in [0.15, 0.2) is 53.9 Å². The first-order chi connectivity index (χ1) is 17.9. The van der Waals surface area contributed by atoms with Gasteiger partial charge in [0, 0.05) is 23.5 Å². The summed E-state index contributed by atoms with van der Waals surface area (Å²) in [4.78, 5) is 31.7. The van der Waals surface area contributed by atoms with Gasteiger partial charge in [0.15, 0.2) is 23.1 Å². The van der Waals surface area contributed by atoms with Crippen molar-refractivity contribution in [2.75, 3.05) is 33.0 Å². The van der Waals surface area contributed by atoms with Crippen LogP contribution in [0.2, 0.25) is 0 Å². The number of para-hydroxylation sites is 1. The summed E-state index contributed by atoms with van der Waals surface area (Å²) in [7, 11) is 0. The van der Waals surface area contributed by atoms with E-state index in [4.69, 9.17) is 14.2 Å². The summed E-state index contributed by atoms with van der Waals surface area (Å²) in [5.41, 5.74) is 1.45. The topological polar surface area (TPSA) is 68.3 Å². The number of ether oxygens (including phenoxy) is 3. The van der Waals surface area contributed by atoms with E-state index in [1.165, 1.54) is 10.9 Å². The zero-order valence-electron chi connectivity index (χ0n) is 20.8. The van der Waals surface area contributed by atoms with Crippen LogP contribution in [0.1, 0.15) is 40.7 Å². The molecular weight excluding hydrogens is 495 g/mol. The molecule has 1 aromatic heterocycles. The number of fused-ring (bicyclic) bond motifs is 2. The Morgan fingerprint density at radius 2 is 1.97 bits per heavy atom. The van der Waals surface area contributed by atoms with E-state index in [2.05, 4.69) is 0 Å². The third kappa shape index (κ3) is 5.41. The molecule has 0 saturated heterocycles. The number of nitrogens with zero attached hydrogens (tertiary/aromatic N) is 2. The average Bonchev–Trinajstić information content (AvgIpc) is 3.56. The Morgan fingerprint density at radius 3 is 2.78 bits per heavy atom. The molecule has 0 fully saturated rings. The molecule has 3 heterocycles. The van der Waals surface area contributed by atoms with Crippen molar-refractivity contribution in [2.45, 2.75) is 26.3 Å². The molecule has 0 unspecified atom stereocenters. The van der Waals surface area contributed by atoms with Crippen LogP contribution in [0.3, 0.4) is 0 Å². The second-order valence-corrected chi connectivity index (χ2v) is 10.5. The normalized spacial score (nSPS) is 16.0. The van der Waals surface area contributed by atoms with Crippen LogP contribution < -0.4 is 14.2 Å². The zero-order chi connectivity index (χ0) is 25.9. The highest BCUT2D eigenvalue weighted by molar-refractivity contribution is 7.10. The second kappa shape index (κ2) is 10.8. The Hall–Kier alpha value is -3.59. The largest absolute Gasteiger partial charge is 0.488 e. The fourth-order valence-electron chi connectivity index (χ4n) is 4.73. The number of thiophene rings is 1. The second-order valence-electron chi connectivity index (χ2n) is 9.54. The van der Waals surface area contributed by atoms with Crippen molar-refractivity contribution in [3.63, 3.8) is 0 Å². The number of halogens is 1. The Balaban J connectivity index is 1.35. The average molecular weight is 525 g/mol. The van der Waals surface area contributed by atoms with Crippen molar-refractivity contribution < 1.29 is 28.2 Å². The number of hydrogen-bond donors (Lipinski definition) is 0. The van der Waals surface area contributed by atoms with E-state index in [9.17, 15) is 14.0 Å². The first-order valence-corrected chi connectivity index (χ1v) is 13.2. The molecule has 0 radical (unpaired) electrons. The van der Waals surface area contributed by atoms with Crippen molar-refractivity contribution in [1.82, 2.24) is 9.80 Å². The maximum absolute atomic E-state index is 14.2. The smallest absolute Gasteiger partial charge is 0.254 e. The van der Waals surface area contributed by atoms with E-state index in [-0.39, 0.29) is 49.5 Å². The lowest BCUT2D eigenvalue weighted by Gasteiger charge is -2.37. The highest BCUT2D eigenvalue weighted by Gasteiger charge is 2.34. The molecule has 9 heteroatoms. The van der Waals surface area contributed by atoms with E-state index in [0.29, 0.717) is 30.2 Å². The first kappa shape index (κ1) is 25.1. The van der Waals surface area contributed by atoms with Crippen LogP contribution >= 0.6 is 11.3 Å². The molecule has 2 amide bonds. The van der Waals surface area contributed by atoms with Crippen LogP contribution in [-0.2, 0) is 11.2 Å². The van der Waals surface area contributed by atoms with Gasteiger partial charge in [-0.1, -0.05) is 26.0 Å². The van der Waals surface area contributed by atoms with Crippen LogP contribution in [0.5, 0.6) is 17.2 Å². The highest BCUT2D eigenvalue weighted by Crippen LogP contribution is 2.35. The molecule has 0 N–H and O–H groups in total. The van der Waals surface area contributed by atoms with Gasteiger partial charge >= 0.3 is 0 Å². The number of rotatable bonds is 8. The van der Waals surface area contributed by atoms with Crippen LogP contribution in [0.25, 0.3) is 0 Å². The van der Waals surface area contributed by atoms with Gasteiger partial charge in [0.05, 0.1) is 6.04 Å². The van der Waals surface area contributed by atoms with Crippen LogP contribution in [0, 0.1) is 11.7 Å². The summed E-state index contributed by atoms with van der Waals surface area (Å²) in [5.74, 6) is 0.571. The third-order valence-electron chi connectivity index (χ3n) is 6.47. The molecule has 7 nitrogen and oxygen atoms in total. The number of carbonyl (C=O) groups is 2. The summed E-state index contributed by atoms with van der Waals surface area (Å²) in [6.07, 6.45) is 0.731. The number of amides is 2. The predicted octanol–water partition coefficient (Wildman–Crippen LogP) is 4.92. The fourth-order valence-corrected chi connectivity index (χ4v) is 5.66. The van der Waals surface area contributed by atoms with Gasteiger partial charge < -0.3 is 24.0 Å². The summed E-state index contributed by atoms with van der Waals surface area (Å²) < 4.78 is 30.8. The van der Waals surface area contributed by atoms with Crippen molar-refractivity contribution in [3.8, 4) is 17.2 Å². The standard InChI is InChI=1S/C28H29FN2O5S/c1-18(2)14-30(28(33)19-7-8-24-25(13-19)36-17-35-24)15-27(32)31-11-9-26-20(10-12-37-26)22(31)16-34-23-6-4-3-5-21(23)29/h3-8,10,12-13,18,22H,9,11,14-17H2,1-2H3/t22-/m1/s1. The van der Waals surface area contributed by atoms with Gasteiger partial charge in [-0.2, -0.15) is 0 Å². The van der Waals surface area contributed by atoms with Gasteiger partial charge in [-0.25, -0.2) is 4.39 Å². The molecule has 1 atom stereocenters. The maximum Gasteiger partial charge on any atom is 0.254 e. The van der Waals surface area contributed by atoms with Gasteiger partial charge in [-0.05, 0) is 59.7 Å². The van der Waals surface area contributed by atoms with Crippen molar-refractivity contribution in [2.24, 2.45) is 5.92 Å². The van der Waals surface area contributed by atoms with Crippen molar-refractivity contribution in [3.05, 3.63) is 75.7 Å². The van der Waals surface area contributed by atoms with E-state index < -0.39 is 5.82 Å². The Morgan fingerprint density at radius 1 is 1.16 bits per heavy atom. The minimum Gasteiger partial charge on any atom is -0.488 e. The fraction of sp³-hybridized carbons (Fsp3) is 0.357. The van der Waals surface area contributed by atoms with Gasteiger partial charge in [0.2, 0.25) is 12.7 Å². The third-order valence-corrected chi connectivity index (χ3v) is 7.46. The Labute approximate surface area is 219 Å². The molecule has 2 aromatic carbocycles. The van der Waals surface area contributed by atoms with Gasteiger partial charge in [-0.3, -0.25) is 9.59 Å². The minimum absolute atomic E-state index is 0.0683. The summed E-state index contributed by atoms with van der Waals surface area (Å²) in [5, 5.41) is 2.00. The molecule has 194 valence electrons. The minimum atomic E-state index is -0.445. The van der Waals surface area contributed by atoms with Crippen LogP contribution in [0.4, 0.5) is 4.39 Å². The molecule has 2 aliphatic rings. The maximum atomic E-state index is 14.2. The zero-order valence-corrected chi connectivity index (χ0v) is 21.6. The summed E-state index contributed by atoms with van der Waals surface area (Å²) in [6, 6.07) is 12.9. The molecule has 3 aromatic rings. The lowest BCUT2D eigenvalue weighted by molar-refractivity contribution is -0.135. The molecule has 2 aliphatic heterocycles. The number of carbonyl (C=O) groups excluding carboxylic acids is 2. The van der Waals surface area contributed by atoms with E-state index in [1.54, 1.807) is 57.5 Å². The summed E-state index contributed by atoms with van der Waals surface area (Å²) in [6.45, 7) is 5.12. The van der Waals surface area contributed by atoms with Crippen LogP contribution in [-0.4, -0.2) is 54.6 Å². The monoisotopic (exact) mass is 524 g/mol. The number of hydrogen-bond acceptors (Lipinski definition) is 6. The number of benzene rings is 2. The lowest BCUT2D eigenvalue weighted by atomic mass is 10.00. The predicted molar refractivity (Wildman–Crippen MR) is 138 cm³/mol. The SMILES string of the molecule is CC(C)CN(CC(=O)N1CCc2sccc2[C@H]1COc1ccccc1F)C(=O)c1ccc2c(c1)OCO2. The molecule has 0 bridgehead atoms. The van der Waals surface area contributed by atoms with Crippen molar-refractivity contribution in [1.29, 1.82) is 0 Å². The van der Waals surface area contributed by atoms with E-state index >= 15 is 0 Å². The quantitative estimate of drug-likeness (QED) is 0.419. The van der Waals surface area contributed by atoms with Gasteiger partial charge in [0.25, 0.3) is 5.91 Å². The Kier molecular flexibility index (Phi) is 7.32. The highest BCUT2D eigenvalue weighted by atomic mass is 32.1. The molecule has 0 aliphatic carbocycles. The van der Waals surface area contributed by atoms with Gasteiger partial charge in [0.1, 0.15) is 13.2 Å². The molecule has 0 saturated carbocycles. The molecular formula is C28H29FN2O5S. The summed E-state index contributed by atoms with van der Waals surface area (Å²) >= 11 is 1.65. The first-order valence-electron chi connectivity index (χ1n) is 12.3. The van der Waals surface area contributed by atoms with Crippen molar-refractivity contribution >= 4 is 23.2 Å². The van der Waals surface area contributed by atoms with E-state index in [1.807, 2.05) is 25.3 Å².